The summed E-state index contributed by atoms with van der Waals surface area (Å²) in [6.07, 6.45) is 3.60. The van der Waals surface area contributed by atoms with E-state index in [1.165, 1.54) is 0 Å². The molecule has 3 N–H and O–H groups in total. The number of nitrogens with one attached hydrogen (secondary N) is 3. The molecule has 5 rings (SSSR count). The van der Waals surface area contributed by atoms with Gasteiger partial charge in [0.2, 0.25) is 0 Å². The zero-order valence-electron chi connectivity index (χ0n) is 20.0. The predicted molar refractivity (Wildman–Crippen MR) is 147 cm³/mol. The van der Waals surface area contributed by atoms with Gasteiger partial charge in [-0.2, -0.15) is 0 Å². The van der Waals surface area contributed by atoms with Crippen molar-refractivity contribution in [2.75, 3.05) is 7.05 Å². The van der Waals surface area contributed by atoms with E-state index in [9.17, 15) is 9.59 Å². The van der Waals surface area contributed by atoms with Crippen LogP contribution < -0.4 is 20.7 Å². The highest BCUT2D eigenvalue weighted by Gasteiger charge is 2.21. The summed E-state index contributed by atoms with van der Waals surface area (Å²) >= 11 is 0. The van der Waals surface area contributed by atoms with Crippen LogP contribution in [-0.2, 0) is 16.2 Å². The summed E-state index contributed by atoms with van der Waals surface area (Å²) in [5, 5.41) is 8.08. The lowest BCUT2D eigenvalue weighted by Gasteiger charge is -2.21. The second kappa shape index (κ2) is 10.1. The molecule has 1 aromatic heterocycles. The summed E-state index contributed by atoms with van der Waals surface area (Å²) in [6.45, 7) is 3.57. The van der Waals surface area contributed by atoms with Crippen LogP contribution in [0.3, 0.4) is 0 Å². The minimum absolute atomic E-state index is 0.00656. The van der Waals surface area contributed by atoms with Crippen LogP contribution in [0.1, 0.15) is 25.0 Å². The number of imidazole rings is 1. The average molecular weight is 514 g/mol. The van der Waals surface area contributed by atoms with Crippen LogP contribution in [0.25, 0.3) is 38.9 Å². The number of nitrogens with zero attached hydrogens (tertiary/aromatic N) is 1. The smallest absolute Gasteiger partial charge is 0.168 e. The van der Waals surface area contributed by atoms with Gasteiger partial charge in [0.15, 0.2) is 11.0 Å². The SMILES string of the molecule is CN/C=C(\NPC(C)=O)c1ccc2c3c(c#cc2c1)-c1ccc(-c2cnc(PC(C)=O)[nH]2)cc1CO3. The molecular weight excluding hydrogens is 490 g/mol. The summed E-state index contributed by atoms with van der Waals surface area (Å²) < 4.78 is 6.23. The van der Waals surface area contributed by atoms with Gasteiger partial charge in [0, 0.05) is 59.4 Å². The first kappa shape index (κ1) is 24.0. The largest absolute Gasteiger partial charge is 0.487 e. The Balaban J connectivity index is 1.47. The summed E-state index contributed by atoms with van der Waals surface area (Å²) in [7, 11) is 1.85. The molecule has 1 aliphatic rings. The fourth-order valence-corrected chi connectivity index (χ4v) is 5.32. The van der Waals surface area contributed by atoms with Crippen molar-refractivity contribution in [2.45, 2.75) is 20.5 Å². The Morgan fingerprint density at radius 3 is 2.78 bits per heavy atom. The van der Waals surface area contributed by atoms with Gasteiger partial charge < -0.3 is 20.1 Å². The van der Waals surface area contributed by atoms with Gasteiger partial charge in [-0.3, -0.25) is 9.59 Å². The number of rotatable bonds is 8. The molecule has 2 heterocycles. The predicted octanol–water partition coefficient (Wildman–Crippen LogP) is 4.49. The summed E-state index contributed by atoms with van der Waals surface area (Å²) in [6, 6.07) is 18.9. The van der Waals surface area contributed by atoms with Crippen LogP contribution in [-0.4, -0.2) is 28.1 Å². The summed E-state index contributed by atoms with van der Waals surface area (Å²) in [4.78, 5) is 30.4. The van der Waals surface area contributed by atoms with Crippen molar-refractivity contribution in [1.82, 2.24) is 20.4 Å². The molecule has 9 heteroatoms. The van der Waals surface area contributed by atoms with Crippen LogP contribution in [0, 0.1) is 12.1 Å². The number of benzene rings is 2. The van der Waals surface area contributed by atoms with Crippen LogP contribution in [0.5, 0.6) is 5.75 Å². The molecule has 0 spiro atoms. The average Bonchev–Trinajstić information content (AvgIpc) is 3.33. The van der Waals surface area contributed by atoms with Gasteiger partial charge in [-0.05, 0) is 36.2 Å². The molecule has 4 aromatic rings. The molecule has 36 heavy (non-hydrogen) atoms. The van der Waals surface area contributed by atoms with Crippen molar-refractivity contribution in [3.63, 3.8) is 0 Å². The molecule has 0 amide bonds. The molecule has 1 aliphatic heterocycles. The third kappa shape index (κ3) is 4.84. The fourth-order valence-electron chi connectivity index (χ4n) is 4.14. The van der Waals surface area contributed by atoms with Gasteiger partial charge in [0.25, 0.3) is 0 Å². The lowest BCUT2D eigenvalue weighted by molar-refractivity contribution is -0.110. The first-order valence-electron chi connectivity index (χ1n) is 11.3. The van der Waals surface area contributed by atoms with E-state index in [4.69, 9.17) is 4.74 Å². The van der Waals surface area contributed by atoms with Gasteiger partial charge in [0.05, 0.1) is 23.2 Å². The first-order valence-corrected chi connectivity index (χ1v) is 13.3. The number of carbonyl (C=O) groups excluding carboxylic acids is 2. The standard InChI is InChI=1S/C27H24N4O3P2/c1-15(32)35-27-29-13-24(30-27)18-5-7-21-20(11-18)14-34-26-22-8-6-19(10-17(22)4-9-23(21)26)25(12-28-3)31-36-16(2)33/h5-8,10-13,28,31,35-36H,14H2,1-3H3,(H,29,30)/b25-12-. The Hall–Kier alpha value is -3.71. The lowest BCUT2D eigenvalue weighted by atomic mass is 9.93. The number of hydrogen-bond donors (Lipinski definition) is 3. The molecule has 180 valence electrons. The Bertz CT molecular complexity index is 1530. The zero-order chi connectivity index (χ0) is 25.2. The van der Waals surface area contributed by atoms with Gasteiger partial charge >= 0.3 is 0 Å². The van der Waals surface area contributed by atoms with Crippen molar-refractivity contribution in [3.8, 4) is 28.1 Å². The quantitative estimate of drug-likeness (QED) is 0.300. The molecule has 0 bridgehead atoms. The van der Waals surface area contributed by atoms with E-state index in [-0.39, 0.29) is 28.4 Å². The highest BCUT2D eigenvalue weighted by Crippen LogP contribution is 2.42. The molecular formula is C27H24N4O3P2. The van der Waals surface area contributed by atoms with Crippen molar-refractivity contribution in [3.05, 3.63) is 72.1 Å². The minimum atomic E-state index is -0.00656. The molecule has 0 aliphatic carbocycles. The molecule has 0 saturated carbocycles. The number of aromatic nitrogens is 2. The number of ether oxygens (including phenoxy) is 1. The summed E-state index contributed by atoms with van der Waals surface area (Å²) in [5.74, 6) is 0.791. The molecule has 0 radical (unpaired) electrons. The van der Waals surface area contributed by atoms with Crippen LogP contribution in [0.4, 0.5) is 0 Å². The number of fused-ring (bicyclic) bond motifs is 5. The molecule has 0 saturated heterocycles. The van der Waals surface area contributed by atoms with E-state index >= 15 is 0 Å². The van der Waals surface area contributed by atoms with E-state index < -0.39 is 0 Å². The number of carbonyl (C=O) groups is 2. The Morgan fingerprint density at radius 2 is 2.00 bits per heavy atom. The maximum atomic E-state index is 11.5. The fraction of sp³-hybridized carbons (Fsp3) is 0.148. The highest BCUT2D eigenvalue weighted by atomic mass is 31.1. The second-order valence-corrected chi connectivity index (χ2v) is 11.0. The molecule has 0 fully saturated rings. The zero-order valence-corrected chi connectivity index (χ0v) is 22.0. The van der Waals surface area contributed by atoms with E-state index in [0.717, 1.165) is 55.7 Å². The maximum absolute atomic E-state index is 11.5. The summed E-state index contributed by atoms with van der Waals surface area (Å²) in [5.41, 5.74) is 7.52. The third-order valence-electron chi connectivity index (χ3n) is 5.71. The van der Waals surface area contributed by atoms with Crippen LogP contribution >= 0.6 is 17.3 Å². The van der Waals surface area contributed by atoms with E-state index in [1.807, 2.05) is 37.5 Å². The van der Waals surface area contributed by atoms with Crippen LogP contribution in [0.15, 0.2) is 48.8 Å². The molecule has 2 atom stereocenters. The van der Waals surface area contributed by atoms with Gasteiger partial charge in [0.1, 0.15) is 17.9 Å². The van der Waals surface area contributed by atoms with Crippen molar-refractivity contribution >= 4 is 50.4 Å². The van der Waals surface area contributed by atoms with Crippen LogP contribution in [0.2, 0.25) is 0 Å². The molecule has 2 unspecified atom stereocenters. The monoisotopic (exact) mass is 514 g/mol. The van der Waals surface area contributed by atoms with E-state index in [0.29, 0.717) is 12.2 Å². The normalized spacial score (nSPS) is 12.9. The van der Waals surface area contributed by atoms with E-state index in [1.54, 1.807) is 20.0 Å². The number of aromatic amines is 1. The van der Waals surface area contributed by atoms with Crippen molar-refractivity contribution in [2.24, 2.45) is 0 Å². The van der Waals surface area contributed by atoms with Crippen molar-refractivity contribution < 1.29 is 14.3 Å². The Morgan fingerprint density at radius 1 is 1.14 bits per heavy atom. The number of hydrogen-bond acceptors (Lipinski definition) is 6. The topological polar surface area (TPSA) is 96.1 Å². The molecule has 7 nitrogen and oxygen atoms in total. The minimum Gasteiger partial charge on any atom is -0.487 e. The van der Waals surface area contributed by atoms with Gasteiger partial charge in [-0.15, -0.1) is 0 Å². The number of H-pyrrole nitrogens is 1. The maximum Gasteiger partial charge on any atom is 0.168 e. The third-order valence-corrected chi connectivity index (χ3v) is 7.30. The van der Waals surface area contributed by atoms with Crippen molar-refractivity contribution in [1.29, 1.82) is 0 Å². The van der Waals surface area contributed by atoms with E-state index in [2.05, 4.69) is 44.6 Å². The second-order valence-electron chi connectivity index (χ2n) is 8.35. The highest BCUT2D eigenvalue weighted by molar-refractivity contribution is 7.64. The first-order chi connectivity index (χ1) is 17.4. The molecule has 3 aromatic carbocycles. The lowest BCUT2D eigenvalue weighted by Crippen LogP contribution is -2.08. The Kier molecular flexibility index (Phi) is 6.74. The Labute approximate surface area is 212 Å². The van der Waals surface area contributed by atoms with Gasteiger partial charge in [-0.25, -0.2) is 4.98 Å². The van der Waals surface area contributed by atoms with Gasteiger partial charge in [-0.1, -0.05) is 30.3 Å².